The molecule has 0 atom stereocenters. The summed E-state index contributed by atoms with van der Waals surface area (Å²) in [5, 5.41) is 0. The number of hydrogen-bond donors (Lipinski definition) is 0. The molecule has 0 aromatic carbocycles. The molecule has 6 nitrogen and oxygen atoms in total. The molecule has 2 heterocycles. The molecule has 0 saturated carbocycles. The van der Waals surface area contributed by atoms with E-state index in [1.165, 1.54) is 25.1 Å². The maximum atomic E-state index is 11.3. The third-order valence-electron chi connectivity index (χ3n) is 1.71. The van der Waals surface area contributed by atoms with Gasteiger partial charge in [-0.05, 0) is 0 Å². The van der Waals surface area contributed by atoms with Crippen LogP contribution in [0.4, 0.5) is 0 Å². The van der Waals surface area contributed by atoms with Crippen molar-refractivity contribution in [2.75, 3.05) is 7.11 Å². The minimum absolute atomic E-state index is 0.705. The van der Waals surface area contributed by atoms with Gasteiger partial charge in [0.15, 0.2) is 0 Å². The van der Waals surface area contributed by atoms with Crippen molar-refractivity contribution in [3.05, 3.63) is 44.3 Å². The van der Waals surface area contributed by atoms with E-state index in [9.17, 15) is 8.42 Å². The van der Waals surface area contributed by atoms with Crippen LogP contribution in [0.1, 0.15) is 0 Å². The molecule has 8 heteroatoms. The molecular weight excluding hydrogens is 363 g/mol. The molecule has 0 amide bonds. The Morgan fingerprint density at radius 3 is 2.00 bits per heavy atom. The first-order valence-electron chi connectivity index (χ1n) is 4.37. The topological polar surface area (TPSA) is 78.9 Å². The molecule has 0 bridgehead atoms. The van der Waals surface area contributed by atoms with Crippen LogP contribution in [0.2, 0.25) is 0 Å². The van der Waals surface area contributed by atoms with Crippen molar-refractivity contribution in [3.63, 3.8) is 0 Å². The number of rotatable bonds is 5. The summed E-state index contributed by atoms with van der Waals surface area (Å²) in [5.74, 6) is 0. The van der Waals surface area contributed by atoms with Crippen LogP contribution in [0.15, 0.2) is 46.0 Å². The molecule has 0 saturated heterocycles. The first kappa shape index (κ1) is 12.6. The van der Waals surface area contributed by atoms with Crippen LogP contribution >= 0.6 is 20.2 Å². The number of furan rings is 2. The van der Waals surface area contributed by atoms with Gasteiger partial charge in [0, 0.05) is 0 Å². The Morgan fingerprint density at radius 2 is 1.65 bits per heavy atom. The van der Waals surface area contributed by atoms with Gasteiger partial charge in [0.2, 0.25) is 0 Å². The van der Waals surface area contributed by atoms with Gasteiger partial charge < -0.3 is 0 Å². The van der Waals surface area contributed by atoms with Crippen molar-refractivity contribution in [2.24, 2.45) is 0 Å². The zero-order chi connectivity index (χ0) is 12.3. The van der Waals surface area contributed by atoms with E-state index in [-0.39, 0.29) is 0 Å². The van der Waals surface area contributed by atoms with Gasteiger partial charge in [-0.1, -0.05) is 0 Å². The summed E-state index contributed by atoms with van der Waals surface area (Å²) in [5.41, 5.74) is 0. The number of halogens is 1. The Hall–Kier alpha value is -0.840. The molecule has 0 aliphatic rings. The van der Waals surface area contributed by atoms with Gasteiger partial charge in [-0.15, -0.1) is 0 Å². The molecule has 0 unspecified atom stereocenters. The molecule has 2 aromatic heterocycles. The molecule has 2 rings (SSSR count). The molecule has 94 valence electrons. The Kier molecular flexibility index (Phi) is 3.86. The van der Waals surface area contributed by atoms with E-state index in [0.717, 1.165) is 7.11 Å². The molecule has 0 N–H and O–H groups in total. The van der Waals surface area contributed by atoms with Gasteiger partial charge in [0.1, 0.15) is 0 Å². The fraction of sp³-hybridized carbons (Fsp3) is 0.111. The van der Waals surface area contributed by atoms with E-state index < -0.39 is 30.6 Å². The summed E-state index contributed by atoms with van der Waals surface area (Å²) >= 11 is -2.59. The first-order chi connectivity index (χ1) is 8.12. The summed E-state index contributed by atoms with van der Waals surface area (Å²) in [7, 11) is -2.93. The van der Waals surface area contributed by atoms with Gasteiger partial charge in [-0.3, -0.25) is 0 Å². The normalized spacial score (nSPS) is 12.6. The molecule has 0 radical (unpaired) electrons. The fourth-order valence-corrected chi connectivity index (χ4v) is 6.77. The first-order valence-corrected chi connectivity index (χ1v) is 8.74. The monoisotopic (exact) mass is 372 g/mol. The predicted octanol–water partition coefficient (Wildman–Crippen LogP) is 2.24. The van der Waals surface area contributed by atoms with E-state index in [1.54, 1.807) is 12.1 Å². The van der Waals surface area contributed by atoms with Crippen LogP contribution in [-0.2, 0) is 17.1 Å². The Balaban J connectivity index is 2.33. The fourth-order valence-electron chi connectivity index (χ4n) is 0.993. The Bertz CT molecular complexity index is 510. The zero-order valence-electron chi connectivity index (χ0n) is 8.70. The molecule has 2 aromatic rings. The third kappa shape index (κ3) is 3.09. The van der Waals surface area contributed by atoms with Crippen molar-refractivity contribution >= 4 is 30.6 Å². The maximum absolute atomic E-state index is 11.3. The molecule has 0 aliphatic heterocycles. The van der Waals surface area contributed by atoms with Gasteiger partial charge in [0.05, 0.1) is 0 Å². The van der Waals surface area contributed by atoms with E-state index >= 15 is 0 Å². The van der Waals surface area contributed by atoms with Crippen molar-refractivity contribution in [1.82, 2.24) is 0 Å². The molecular formula is C9H9IO6S. The van der Waals surface area contributed by atoms with E-state index in [0.29, 0.717) is 7.14 Å². The summed E-state index contributed by atoms with van der Waals surface area (Å²) in [6.07, 6.45) is 5.84. The third-order valence-corrected chi connectivity index (χ3v) is 8.29. The SMILES string of the molecule is COS(=O)(=O)OI(c1ccoc1)c1ccoc1. The zero-order valence-corrected chi connectivity index (χ0v) is 11.7. The summed E-state index contributed by atoms with van der Waals surface area (Å²) < 4.78 is 43.3. The predicted molar refractivity (Wildman–Crippen MR) is 65.8 cm³/mol. The van der Waals surface area contributed by atoms with Crippen LogP contribution in [0.25, 0.3) is 0 Å². The van der Waals surface area contributed by atoms with Gasteiger partial charge >= 0.3 is 106 Å². The van der Waals surface area contributed by atoms with Gasteiger partial charge in [0.25, 0.3) is 0 Å². The van der Waals surface area contributed by atoms with Crippen LogP contribution in [0.3, 0.4) is 0 Å². The van der Waals surface area contributed by atoms with Crippen LogP contribution in [-0.4, -0.2) is 15.5 Å². The van der Waals surface area contributed by atoms with Crippen molar-refractivity contribution in [1.29, 1.82) is 0 Å². The Morgan fingerprint density at radius 1 is 1.12 bits per heavy atom. The van der Waals surface area contributed by atoms with Crippen LogP contribution < -0.4 is 0 Å². The van der Waals surface area contributed by atoms with E-state index in [4.69, 9.17) is 11.3 Å². The van der Waals surface area contributed by atoms with Crippen molar-refractivity contribution in [2.45, 2.75) is 0 Å². The second-order valence-corrected chi connectivity index (χ2v) is 9.04. The average molecular weight is 372 g/mol. The molecule has 0 aliphatic carbocycles. The van der Waals surface area contributed by atoms with E-state index in [1.807, 2.05) is 0 Å². The van der Waals surface area contributed by atoms with Crippen molar-refractivity contribution in [3.8, 4) is 0 Å². The average Bonchev–Trinajstić information content (AvgIpc) is 2.99. The standard InChI is InChI=1S/C9H9IO6S/c1-13-17(11,12)16-10(8-2-4-14-6-8)9-3-5-15-7-9/h2-7H,1H3. The molecule has 17 heavy (non-hydrogen) atoms. The van der Waals surface area contributed by atoms with Crippen molar-refractivity contribution < 1.29 is 23.9 Å². The van der Waals surface area contributed by atoms with Gasteiger partial charge in [-0.2, -0.15) is 0 Å². The second kappa shape index (κ2) is 5.21. The quantitative estimate of drug-likeness (QED) is 0.750. The van der Waals surface area contributed by atoms with Crippen LogP contribution in [0, 0.1) is 7.14 Å². The van der Waals surface area contributed by atoms with Crippen LogP contribution in [0.5, 0.6) is 0 Å². The molecule has 0 spiro atoms. The number of hydrogen-bond acceptors (Lipinski definition) is 6. The summed E-state index contributed by atoms with van der Waals surface area (Å²) in [6, 6.07) is 3.34. The minimum atomic E-state index is -3.98. The Labute approximate surface area is 106 Å². The summed E-state index contributed by atoms with van der Waals surface area (Å²) in [4.78, 5) is 0. The van der Waals surface area contributed by atoms with Gasteiger partial charge in [-0.25, -0.2) is 0 Å². The second-order valence-electron chi connectivity index (χ2n) is 2.77. The summed E-state index contributed by atoms with van der Waals surface area (Å²) in [6.45, 7) is 0. The van der Waals surface area contributed by atoms with E-state index in [2.05, 4.69) is 4.18 Å². The molecule has 0 fully saturated rings.